The van der Waals surface area contributed by atoms with Crippen LogP contribution in [-0.4, -0.2) is 15.4 Å². The zero-order valence-electron chi connectivity index (χ0n) is 5.91. The number of anilines is 1. The van der Waals surface area contributed by atoms with Crippen LogP contribution >= 0.6 is 12.4 Å². The van der Waals surface area contributed by atoms with Crippen molar-refractivity contribution in [2.24, 2.45) is 0 Å². The summed E-state index contributed by atoms with van der Waals surface area (Å²) < 4.78 is 12.7. The molecule has 12 heavy (non-hydrogen) atoms. The van der Waals surface area contributed by atoms with Crippen molar-refractivity contribution in [2.45, 2.75) is 0 Å². The zero-order valence-corrected chi connectivity index (χ0v) is 6.73. The van der Waals surface area contributed by atoms with Crippen molar-refractivity contribution in [1.29, 1.82) is 0 Å². The molecule has 0 saturated heterocycles. The van der Waals surface area contributed by atoms with Gasteiger partial charge in [-0.3, -0.25) is 0 Å². The molecule has 0 radical (unpaired) electrons. The Balaban J connectivity index is 0.000000720. The summed E-state index contributed by atoms with van der Waals surface area (Å²) in [6.45, 7) is 0. The lowest BCUT2D eigenvalue weighted by atomic mass is 10.3. The van der Waals surface area contributed by atoms with E-state index in [4.69, 9.17) is 5.73 Å². The molecule has 64 valence electrons. The van der Waals surface area contributed by atoms with E-state index in [1.165, 1.54) is 12.1 Å². The summed E-state index contributed by atoms with van der Waals surface area (Å²) in [4.78, 5) is 0. The zero-order chi connectivity index (χ0) is 7.84. The highest BCUT2D eigenvalue weighted by Gasteiger charge is 2.02. The Morgan fingerprint density at radius 2 is 1.83 bits per heavy atom. The molecule has 2 aromatic rings. The van der Waals surface area contributed by atoms with Crippen molar-refractivity contribution in [2.75, 3.05) is 5.73 Å². The maximum absolute atomic E-state index is 12.7. The molecule has 3 N–H and O–H groups in total. The first-order valence-corrected chi connectivity index (χ1v) is 3.03. The monoisotopic (exact) mass is 188 g/mol. The number of rotatable bonds is 0. The number of fused-ring (bicyclic) bond motifs is 1. The smallest absolute Gasteiger partial charge is 0.148 e. The molecule has 1 aromatic carbocycles. The Kier molecular flexibility index (Phi) is 2.14. The molecule has 0 aliphatic heterocycles. The minimum Gasteiger partial charge on any atom is -0.396 e. The molecule has 2 rings (SSSR count). The van der Waals surface area contributed by atoms with Crippen LogP contribution in [0.2, 0.25) is 0 Å². The van der Waals surface area contributed by atoms with E-state index in [0.29, 0.717) is 11.0 Å². The number of halogens is 2. The summed E-state index contributed by atoms with van der Waals surface area (Å²) in [6, 6.07) is 2.68. The van der Waals surface area contributed by atoms with Crippen LogP contribution in [0.3, 0.4) is 0 Å². The normalized spacial score (nSPS) is 9.75. The van der Waals surface area contributed by atoms with Crippen LogP contribution in [-0.2, 0) is 0 Å². The van der Waals surface area contributed by atoms with Crippen molar-refractivity contribution in [1.82, 2.24) is 15.4 Å². The number of hydrogen-bond acceptors (Lipinski definition) is 3. The van der Waals surface area contributed by atoms with E-state index in [1.54, 1.807) is 0 Å². The summed E-state index contributed by atoms with van der Waals surface area (Å²) in [5.74, 6) is -0.466. The number of hydrogen-bond donors (Lipinski definition) is 2. The number of nitrogen functional groups attached to an aromatic ring is 1. The predicted octanol–water partition coefficient (Wildman–Crippen LogP) is 1.10. The van der Waals surface area contributed by atoms with Crippen molar-refractivity contribution < 1.29 is 4.39 Å². The lowest BCUT2D eigenvalue weighted by molar-refractivity contribution is 0.634. The number of aromatic amines is 1. The quantitative estimate of drug-likeness (QED) is 0.609. The van der Waals surface area contributed by atoms with Gasteiger partial charge in [-0.1, -0.05) is 0 Å². The highest BCUT2D eigenvalue weighted by molar-refractivity contribution is 5.85. The Morgan fingerprint density at radius 3 is 2.50 bits per heavy atom. The Bertz CT molecular complexity index is 363. The van der Waals surface area contributed by atoms with Crippen LogP contribution in [0.15, 0.2) is 12.1 Å². The molecule has 0 saturated carbocycles. The molecule has 1 heterocycles. The minimum absolute atomic E-state index is 0. The highest BCUT2D eigenvalue weighted by atomic mass is 35.5. The van der Waals surface area contributed by atoms with E-state index in [1.807, 2.05) is 0 Å². The third-order valence-electron chi connectivity index (χ3n) is 1.43. The van der Waals surface area contributed by atoms with Gasteiger partial charge in [-0.15, -0.1) is 12.4 Å². The third kappa shape index (κ3) is 1.18. The van der Waals surface area contributed by atoms with E-state index in [0.717, 1.165) is 0 Å². The van der Waals surface area contributed by atoms with E-state index in [2.05, 4.69) is 15.4 Å². The van der Waals surface area contributed by atoms with Crippen LogP contribution in [0, 0.1) is 5.82 Å². The SMILES string of the molecule is Cl.Nc1cc2n[nH]nc2cc1F. The lowest BCUT2D eigenvalue weighted by Crippen LogP contribution is -1.89. The standard InChI is InChI=1S/C6H5FN4.ClH/c7-3-1-5-6(2-4(3)8)10-11-9-5;/h1-2H,8H2,(H,9,10,11);1H. The van der Waals surface area contributed by atoms with Gasteiger partial charge in [0.2, 0.25) is 0 Å². The molecule has 0 amide bonds. The van der Waals surface area contributed by atoms with Gasteiger partial charge < -0.3 is 5.73 Å². The van der Waals surface area contributed by atoms with Gasteiger partial charge in [0.25, 0.3) is 0 Å². The summed E-state index contributed by atoms with van der Waals surface area (Å²) >= 11 is 0. The molecule has 0 aliphatic rings. The first kappa shape index (κ1) is 8.73. The predicted molar refractivity (Wildman–Crippen MR) is 45.5 cm³/mol. The van der Waals surface area contributed by atoms with E-state index < -0.39 is 5.82 Å². The molecule has 4 nitrogen and oxygen atoms in total. The van der Waals surface area contributed by atoms with Crippen LogP contribution in [0.4, 0.5) is 10.1 Å². The number of benzene rings is 1. The van der Waals surface area contributed by atoms with E-state index in [9.17, 15) is 4.39 Å². The van der Waals surface area contributed by atoms with Crippen LogP contribution < -0.4 is 5.73 Å². The minimum atomic E-state index is -0.466. The summed E-state index contributed by atoms with van der Waals surface area (Å²) in [6.07, 6.45) is 0. The van der Waals surface area contributed by atoms with Crippen molar-refractivity contribution in [3.8, 4) is 0 Å². The third-order valence-corrected chi connectivity index (χ3v) is 1.43. The summed E-state index contributed by atoms with van der Waals surface area (Å²) in [5, 5.41) is 9.80. The average Bonchev–Trinajstić information content (AvgIpc) is 2.36. The molecule has 0 unspecified atom stereocenters. The molecule has 1 aromatic heterocycles. The molecule has 0 spiro atoms. The molecular formula is C6H6ClFN4. The average molecular weight is 189 g/mol. The number of nitrogens with one attached hydrogen (secondary N) is 1. The molecule has 0 bridgehead atoms. The molecule has 0 atom stereocenters. The van der Waals surface area contributed by atoms with Crippen LogP contribution in [0.25, 0.3) is 11.0 Å². The topological polar surface area (TPSA) is 67.6 Å². The second-order valence-corrected chi connectivity index (χ2v) is 2.19. The van der Waals surface area contributed by atoms with Gasteiger partial charge in [-0.2, -0.15) is 15.4 Å². The van der Waals surface area contributed by atoms with Crippen LogP contribution in [0.5, 0.6) is 0 Å². The molecule has 6 heteroatoms. The number of nitrogens with two attached hydrogens (primary N) is 1. The second-order valence-electron chi connectivity index (χ2n) is 2.19. The van der Waals surface area contributed by atoms with Gasteiger partial charge in [0.05, 0.1) is 5.69 Å². The lowest BCUT2D eigenvalue weighted by Gasteiger charge is -1.92. The van der Waals surface area contributed by atoms with Crippen molar-refractivity contribution in [3.63, 3.8) is 0 Å². The second kappa shape index (κ2) is 2.94. The number of nitrogens with zero attached hydrogens (tertiary/aromatic N) is 2. The maximum Gasteiger partial charge on any atom is 0.148 e. The number of aromatic nitrogens is 3. The van der Waals surface area contributed by atoms with Gasteiger partial charge in [0.15, 0.2) is 0 Å². The van der Waals surface area contributed by atoms with Gasteiger partial charge >= 0.3 is 0 Å². The molecule has 0 aliphatic carbocycles. The fraction of sp³-hybridized carbons (Fsp3) is 0. The molecular weight excluding hydrogens is 183 g/mol. The number of H-pyrrole nitrogens is 1. The Labute approximate surface area is 73.4 Å². The highest BCUT2D eigenvalue weighted by Crippen LogP contribution is 2.15. The van der Waals surface area contributed by atoms with Gasteiger partial charge in [-0.25, -0.2) is 4.39 Å². The Hall–Kier alpha value is -1.36. The van der Waals surface area contributed by atoms with Gasteiger partial charge in [-0.05, 0) is 6.07 Å². The van der Waals surface area contributed by atoms with Crippen molar-refractivity contribution >= 4 is 29.1 Å². The van der Waals surface area contributed by atoms with E-state index >= 15 is 0 Å². The first-order valence-electron chi connectivity index (χ1n) is 3.03. The summed E-state index contributed by atoms with van der Waals surface area (Å²) in [7, 11) is 0. The van der Waals surface area contributed by atoms with Crippen LogP contribution in [0.1, 0.15) is 0 Å². The van der Waals surface area contributed by atoms with Gasteiger partial charge in [0.1, 0.15) is 16.9 Å². The molecule has 0 fully saturated rings. The largest absolute Gasteiger partial charge is 0.396 e. The van der Waals surface area contributed by atoms with Crippen molar-refractivity contribution in [3.05, 3.63) is 17.9 Å². The maximum atomic E-state index is 12.7. The fourth-order valence-corrected chi connectivity index (χ4v) is 0.879. The fourth-order valence-electron chi connectivity index (χ4n) is 0.879. The van der Waals surface area contributed by atoms with Gasteiger partial charge in [0, 0.05) is 6.07 Å². The van der Waals surface area contributed by atoms with E-state index in [-0.39, 0.29) is 18.1 Å². The summed E-state index contributed by atoms with van der Waals surface area (Å²) in [5.41, 5.74) is 6.43. The first-order chi connectivity index (χ1) is 5.27. The Morgan fingerprint density at radius 1 is 1.25 bits per heavy atom.